The molecule has 0 atom stereocenters. The van der Waals surface area contributed by atoms with E-state index in [0.717, 1.165) is 35.3 Å². The average Bonchev–Trinajstić information content (AvgIpc) is 3.32. The van der Waals surface area contributed by atoms with Crippen LogP contribution in [0.5, 0.6) is 0 Å². The first-order valence-corrected chi connectivity index (χ1v) is 11.2. The van der Waals surface area contributed by atoms with Gasteiger partial charge >= 0.3 is 0 Å². The standard InChI is InChI=1S/C20H23NO4S2/c1-14(2)16-7-5-15(6-8-16)13-17(20(22)23)18-9-10-19(26-18)27(24,25)21-11-3-4-12-21/h5-10,13-14H,3-4,11-12H2,1-2H3,(H,22,23)/p-1/b17-13-. The van der Waals surface area contributed by atoms with Crippen molar-refractivity contribution in [1.82, 2.24) is 4.31 Å². The Balaban J connectivity index is 1.92. The van der Waals surface area contributed by atoms with Gasteiger partial charge in [-0.25, -0.2) is 8.42 Å². The van der Waals surface area contributed by atoms with Gasteiger partial charge in [-0.3, -0.25) is 0 Å². The molecule has 5 nitrogen and oxygen atoms in total. The van der Waals surface area contributed by atoms with E-state index >= 15 is 0 Å². The Morgan fingerprint density at radius 1 is 1.11 bits per heavy atom. The highest BCUT2D eigenvalue weighted by Gasteiger charge is 2.28. The van der Waals surface area contributed by atoms with Gasteiger partial charge in [0.25, 0.3) is 10.0 Å². The molecule has 0 saturated carbocycles. The molecule has 27 heavy (non-hydrogen) atoms. The summed E-state index contributed by atoms with van der Waals surface area (Å²) < 4.78 is 26.9. The number of hydrogen-bond acceptors (Lipinski definition) is 5. The highest BCUT2D eigenvalue weighted by atomic mass is 32.2. The minimum Gasteiger partial charge on any atom is -0.545 e. The summed E-state index contributed by atoms with van der Waals surface area (Å²) >= 11 is 0.972. The highest BCUT2D eigenvalue weighted by Crippen LogP contribution is 2.32. The number of carboxylic acids is 1. The summed E-state index contributed by atoms with van der Waals surface area (Å²) in [6, 6.07) is 10.6. The number of aliphatic carboxylic acids is 1. The molecule has 1 aliphatic heterocycles. The van der Waals surface area contributed by atoms with Crippen LogP contribution in [0, 0.1) is 0 Å². The van der Waals surface area contributed by atoms with Crippen LogP contribution in [-0.4, -0.2) is 31.8 Å². The number of carboxylic acid groups (broad SMARTS) is 1. The van der Waals surface area contributed by atoms with Crippen LogP contribution in [0.3, 0.4) is 0 Å². The van der Waals surface area contributed by atoms with Gasteiger partial charge in [0.2, 0.25) is 0 Å². The lowest BCUT2D eigenvalue weighted by atomic mass is 10.0. The number of thiophene rings is 1. The third-order valence-electron chi connectivity index (χ3n) is 4.64. The highest BCUT2D eigenvalue weighted by molar-refractivity contribution is 7.91. The maximum absolute atomic E-state index is 12.7. The number of rotatable bonds is 6. The van der Waals surface area contributed by atoms with Crippen LogP contribution in [0.4, 0.5) is 0 Å². The Labute approximate surface area is 164 Å². The summed E-state index contributed by atoms with van der Waals surface area (Å²) in [6.07, 6.45) is 3.24. The van der Waals surface area contributed by atoms with Crippen molar-refractivity contribution in [2.24, 2.45) is 0 Å². The van der Waals surface area contributed by atoms with Crippen LogP contribution in [0.15, 0.2) is 40.6 Å². The fourth-order valence-electron chi connectivity index (χ4n) is 3.03. The van der Waals surface area contributed by atoms with Crippen LogP contribution in [0.25, 0.3) is 11.6 Å². The van der Waals surface area contributed by atoms with Gasteiger partial charge in [-0.1, -0.05) is 38.1 Å². The minimum atomic E-state index is -3.55. The van der Waals surface area contributed by atoms with E-state index in [1.54, 1.807) is 0 Å². The molecule has 1 fully saturated rings. The second kappa shape index (κ2) is 7.96. The first kappa shape index (κ1) is 19.8. The van der Waals surface area contributed by atoms with Gasteiger partial charge in [-0.2, -0.15) is 4.31 Å². The molecule has 1 aliphatic rings. The largest absolute Gasteiger partial charge is 0.545 e. The molecule has 7 heteroatoms. The molecule has 0 N–H and O–H groups in total. The normalized spacial score (nSPS) is 16.2. The smallest absolute Gasteiger partial charge is 0.252 e. The Hall–Kier alpha value is -1.96. The van der Waals surface area contributed by atoms with Crippen LogP contribution in [0.2, 0.25) is 0 Å². The van der Waals surface area contributed by atoms with Crippen molar-refractivity contribution in [2.75, 3.05) is 13.1 Å². The monoisotopic (exact) mass is 404 g/mol. The minimum absolute atomic E-state index is 0.0137. The van der Waals surface area contributed by atoms with Crippen molar-refractivity contribution < 1.29 is 18.3 Å². The van der Waals surface area contributed by atoms with Gasteiger partial charge in [0.05, 0.1) is 5.97 Å². The Morgan fingerprint density at radius 3 is 2.30 bits per heavy atom. The van der Waals surface area contributed by atoms with E-state index < -0.39 is 16.0 Å². The zero-order valence-electron chi connectivity index (χ0n) is 15.3. The van der Waals surface area contributed by atoms with Crippen molar-refractivity contribution in [3.05, 3.63) is 52.4 Å². The average molecular weight is 405 g/mol. The molecule has 0 radical (unpaired) electrons. The second-order valence-corrected chi connectivity index (χ2v) is 10.1. The summed E-state index contributed by atoms with van der Waals surface area (Å²) in [4.78, 5) is 12.0. The van der Waals surface area contributed by atoms with Crippen molar-refractivity contribution in [3.8, 4) is 0 Å². The van der Waals surface area contributed by atoms with E-state index in [4.69, 9.17) is 0 Å². The third kappa shape index (κ3) is 4.31. The van der Waals surface area contributed by atoms with Gasteiger partial charge in [0.1, 0.15) is 4.21 Å². The van der Waals surface area contributed by atoms with Crippen molar-refractivity contribution in [3.63, 3.8) is 0 Å². The van der Waals surface area contributed by atoms with Gasteiger partial charge in [-0.15, -0.1) is 11.3 Å². The fourth-order valence-corrected chi connectivity index (χ4v) is 6.02. The predicted octanol–water partition coefficient (Wildman–Crippen LogP) is 2.95. The summed E-state index contributed by atoms with van der Waals surface area (Å²) in [5.41, 5.74) is 1.88. The molecule has 3 rings (SSSR count). The van der Waals surface area contributed by atoms with Gasteiger partial charge in [0, 0.05) is 23.5 Å². The predicted molar refractivity (Wildman–Crippen MR) is 106 cm³/mol. The van der Waals surface area contributed by atoms with Crippen molar-refractivity contribution in [2.45, 2.75) is 36.8 Å². The molecule has 0 unspecified atom stereocenters. The Morgan fingerprint density at radius 2 is 1.74 bits per heavy atom. The van der Waals surface area contributed by atoms with Crippen molar-refractivity contribution in [1.29, 1.82) is 0 Å². The molecular weight excluding hydrogens is 382 g/mol. The summed E-state index contributed by atoms with van der Waals surface area (Å²) in [5, 5.41) is 11.7. The lowest BCUT2D eigenvalue weighted by Crippen LogP contribution is -2.27. The third-order valence-corrected chi connectivity index (χ3v) is 8.12. The molecule has 2 heterocycles. The van der Waals surface area contributed by atoms with Gasteiger partial charge in [0.15, 0.2) is 0 Å². The maximum atomic E-state index is 12.7. The van der Waals surface area contributed by atoms with E-state index in [2.05, 4.69) is 13.8 Å². The number of sulfonamides is 1. The lowest BCUT2D eigenvalue weighted by molar-refractivity contribution is -0.295. The van der Waals surface area contributed by atoms with Crippen LogP contribution in [0.1, 0.15) is 48.6 Å². The Kier molecular flexibility index (Phi) is 5.83. The van der Waals surface area contributed by atoms with Gasteiger partial charge in [-0.05, 0) is 48.1 Å². The molecule has 2 aromatic rings. The summed E-state index contributed by atoms with van der Waals surface area (Å²) in [6.45, 7) is 5.21. The maximum Gasteiger partial charge on any atom is 0.252 e. The van der Waals surface area contributed by atoms with Crippen molar-refractivity contribution >= 4 is 39.0 Å². The quantitative estimate of drug-likeness (QED) is 0.694. The number of benzene rings is 1. The van der Waals surface area contributed by atoms with E-state index in [1.165, 1.54) is 22.5 Å². The van der Waals surface area contributed by atoms with E-state index in [1.807, 2.05) is 24.3 Å². The fraction of sp³-hybridized carbons (Fsp3) is 0.350. The molecule has 0 aliphatic carbocycles. The number of hydrogen-bond donors (Lipinski definition) is 0. The first-order chi connectivity index (χ1) is 12.8. The van der Waals surface area contributed by atoms with Crippen LogP contribution >= 0.6 is 11.3 Å². The lowest BCUT2D eigenvalue weighted by Gasteiger charge is -2.13. The zero-order chi connectivity index (χ0) is 19.6. The number of carbonyl (C=O) groups excluding carboxylic acids is 1. The molecule has 0 spiro atoms. The first-order valence-electron chi connectivity index (χ1n) is 8.92. The van der Waals surface area contributed by atoms with Gasteiger partial charge < -0.3 is 9.90 Å². The molecule has 0 amide bonds. The number of nitrogens with zero attached hydrogens (tertiary/aromatic N) is 1. The molecule has 1 saturated heterocycles. The molecule has 0 bridgehead atoms. The second-order valence-electron chi connectivity index (χ2n) is 6.90. The molecule has 1 aromatic carbocycles. The summed E-state index contributed by atoms with van der Waals surface area (Å²) in [5.74, 6) is -0.936. The van der Waals surface area contributed by atoms with E-state index in [9.17, 15) is 18.3 Å². The topological polar surface area (TPSA) is 77.5 Å². The van der Waals surface area contributed by atoms with E-state index in [0.29, 0.717) is 23.9 Å². The van der Waals surface area contributed by atoms with Crippen LogP contribution < -0.4 is 5.11 Å². The molecule has 144 valence electrons. The molecule has 1 aromatic heterocycles. The Bertz CT molecular complexity index is 950. The SMILES string of the molecule is CC(C)c1ccc(/C=C(\C(=O)[O-])c2ccc(S(=O)(=O)N3CCCC3)s2)cc1. The number of carbonyl (C=O) groups is 1. The van der Waals surface area contributed by atoms with Crippen LogP contribution in [-0.2, 0) is 14.8 Å². The zero-order valence-corrected chi connectivity index (χ0v) is 17.0. The van der Waals surface area contributed by atoms with E-state index in [-0.39, 0.29) is 9.78 Å². The summed E-state index contributed by atoms with van der Waals surface area (Å²) in [7, 11) is -3.55. The molecular formula is C20H22NO4S2-.